The van der Waals surface area contributed by atoms with Gasteiger partial charge in [-0.1, -0.05) is 18.2 Å². The zero-order valence-corrected chi connectivity index (χ0v) is 14.8. The largest absolute Gasteiger partial charge is 0.383 e. The third kappa shape index (κ3) is 5.11. The van der Waals surface area contributed by atoms with Crippen LogP contribution in [0.2, 0.25) is 0 Å². The van der Waals surface area contributed by atoms with Crippen LogP contribution in [0.25, 0.3) is 0 Å². The highest BCUT2D eigenvalue weighted by Crippen LogP contribution is 2.25. The minimum atomic E-state index is 0.737. The molecule has 0 fully saturated rings. The molecule has 3 nitrogen and oxygen atoms in total. The highest BCUT2D eigenvalue weighted by Gasteiger charge is 2.08. The van der Waals surface area contributed by atoms with Crippen LogP contribution in [0.3, 0.4) is 0 Å². The summed E-state index contributed by atoms with van der Waals surface area (Å²) in [6, 6.07) is 10.7. The first-order valence-electron chi connectivity index (χ1n) is 6.92. The number of nitrogens with one attached hydrogen (secondary N) is 1. The number of halogens is 1. The van der Waals surface area contributed by atoms with Gasteiger partial charge < -0.3 is 15.0 Å². The minimum Gasteiger partial charge on any atom is -0.383 e. The van der Waals surface area contributed by atoms with E-state index in [9.17, 15) is 0 Å². The summed E-state index contributed by atoms with van der Waals surface area (Å²) in [5.41, 5.74) is 3.91. The first kappa shape index (κ1) is 16.5. The monoisotopic (exact) mass is 368 g/mol. The fraction of sp³-hybridized carbons (Fsp3) is 0.375. The zero-order valence-electron chi connectivity index (χ0n) is 12.4. The molecule has 0 aliphatic carbocycles. The molecule has 0 saturated carbocycles. The number of rotatable bonds is 8. The first-order valence-corrected chi connectivity index (χ1v) is 8.59. The SMILES string of the molecule is COCCNCc1ccccc1N(C)Cc1csc(Br)c1. The fourth-order valence-electron chi connectivity index (χ4n) is 2.22. The number of anilines is 1. The summed E-state index contributed by atoms with van der Waals surface area (Å²) in [6.07, 6.45) is 0. The molecule has 0 spiro atoms. The summed E-state index contributed by atoms with van der Waals surface area (Å²) in [6.45, 7) is 3.38. The van der Waals surface area contributed by atoms with Gasteiger partial charge in [0, 0.05) is 39.5 Å². The lowest BCUT2D eigenvalue weighted by atomic mass is 10.1. The van der Waals surface area contributed by atoms with Crippen LogP contribution in [-0.4, -0.2) is 27.3 Å². The predicted octanol–water partition coefficient (Wildman–Crippen LogP) is 3.88. The van der Waals surface area contributed by atoms with Gasteiger partial charge in [0.15, 0.2) is 0 Å². The number of nitrogens with zero attached hydrogens (tertiary/aromatic N) is 1. The van der Waals surface area contributed by atoms with Crippen molar-refractivity contribution in [2.24, 2.45) is 0 Å². The third-order valence-corrected chi connectivity index (χ3v) is 4.80. The van der Waals surface area contributed by atoms with E-state index in [4.69, 9.17) is 4.74 Å². The quantitative estimate of drug-likeness (QED) is 0.715. The Hall–Kier alpha value is -0.880. The van der Waals surface area contributed by atoms with Crippen LogP contribution in [0.15, 0.2) is 39.5 Å². The lowest BCUT2D eigenvalue weighted by molar-refractivity contribution is 0.199. The molecule has 0 radical (unpaired) electrons. The van der Waals surface area contributed by atoms with Crippen molar-refractivity contribution in [1.82, 2.24) is 5.32 Å². The minimum absolute atomic E-state index is 0.737. The maximum Gasteiger partial charge on any atom is 0.0701 e. The second-order valence-electron chi connectivity index (χ2n) is 4.91. The van der Waals surface area contributed by atoms with Crippen LogP contribution >= 0.6 is 27.3 Å². The highest BCUT2D eigenvalue weighted by molar-refractivity contribution is 9.11. The van der Waals surface area contributed by atoms with E-state index in [1.807, 2.05) is 0 Å². The third-order valence-electron chi connectivity index (χ3n) is 3.24. The Balaban J connectivity index is 2.00. The Morgan fingerprint density at radius 3 is 2.86 bits per heavy atom. The molecular weight excluding hydrogens is 348 g/mol. The van der Waals surface area contributed by atoms with Gasteiger partial charge in [-0.15, -0.1) is 11.3 Å². The van der Waals surface area contributed by atoms with Crippen molar-refractivity contribution in [3.05, 3.63) is 50.6 Å². The number of para-hydroxylation sites is 1. The molecule has 5 heteroatoms. The topological polar surface area (TPSA) is 24.5 Å². The van der Waals surface area contributed by atoms with Gasteiger partial charge in [0.1, 0.15) is 0 Å². The van der Waals surface area contributed by atoms with Crippen LogP contribution in [0.4, 0.5) is 5.69 Å². The standard InChI is InChI=1S/C16H21BrN2OS/c1-19(11-13-9-16(17)21-12-13)15-6-4-3-5-14(15)10-18-7-8-20-2/h3-6,9,12,18H,7-8,10-11H2,1-2H3. The molecule has 1 aromatic heterocycles. The van der Waals surface area contributed by atoms with E-state index in [1.54, 1.807) is 18.4 Å². The summed E-state index contributed by atoms with van der Waals surface area (Å²) < 4.78 is 6.24. The molecule has 0 bridgehead atoms. The van der Waals surface area contributed by atoms with Gasteiger partial charge in [0.25, 0.3) is 0 Å². The average Bonchev–Trinajstić information content (AvgIpc) is 2.89. The molecule has 0 atom stereocenters. The number of hydrogen-bond acceptors (Lipinski definition) is 4. The Morgan fingerprint density at radius 2 is 2.14 bits per heavy atom. The maximum atomic E-state index is 5.06. The Morgan fingerprint density at radius 1 is 1.33 bits per heavy atom. The molecule has 1 heterocycles. The van der Waals surface area contributed by atoms with Crippen LogP contribution in [-0.2, 0) is 17.8 Å². The summed E-state index contributed by atoms with van der Waals surface area (Å²) >= 11 is 5.25. The molecule has 0 unspecified atom stereocenters. The van der Waals surface area contributed by atoms with Gasteiger partial charge in [-0.05, 0) is 44.6 Å². The van der Waals surface area contributed by atoms with Crippen LogP contribution in [0, 0.1) is 0 Å². The van der Waals surface area contributed by atoms with Gasteiger partial charge in [0.05, 0.1) is 10.4 Å². The van der Waals surface area contributed by atoms with Crippen molar-refractivity contribution in [2.45, 2.75) is 13.1 Å². The molecule has 2 rings (SSSR count). The number of benzene rings is 1. The second kappa shape index (κ2) is 8.54. The van der Waals surface area contributed by atoms with E-state index in [0.29, 0.717) is 0 Å². The molecule has 1 aromatic carbocycles. The number of thiophene rings is 1. The highest BCUT2D eigenvalue weighted by atomic mass is 79.9. The Bertz CT molecular complexity index is 559. The summed E-state index contributed by atoms with van der Waals surface area (Å²) in [7, 11) is 3.86. The van der Waals surface area contributed by atoms with Crippen molar-refractivity contribution < 1.29 is 4.74 Å². The average molecular weight is 369 g/mol. The summed E-state index contributed by atoms with van der Waals surface area (Å²) in [5, 5.41) is 5.60. The predicted molar refractivity (Wildman–Crippen MR) is 94.2 cm³/mol. The number of methoxy groups -OCH3 is 1. The molecule has 0 aliphatic rings. The van der Waals surface area contributed by atoms with Crippen molar-refractivity contribution in [3.8, 4) is 0 Å². The van der Waals surface area contributed by atoms with E-state index in [-0.39, 0.29) is 0 Å². The normalized spacial score (nSPS) is 10.8. The number of hydrogen-bond donors (Lipinski definition) is 1. The van der Waals surface area contributed by atoms with Gasteiger partial charge in [-0.25, -0.2) is 0 Å². The fourth-order valence-corrected chi connectivity index (χ4v) is 3.42. The summed E-state index contributed by atoms with van der Waals surface area (Å²) in [5.74, 6) is 0. The molecule has 114 valence electrons. The van der Waals surface area contributed by atoms with E-state index in [2.05, 4.69) is 68.9 Å². The summed E-state index contributed by atoms with van der Waals surface area (Å²) in [4.78, 5) is 2.29. The molecule has 0 aliphatic heterocycles. The van der Waals surface area contributed by atoms with Gasteiger partial charge in [-0.3, -0.25) is 0 Å². The van der Waals surface area contributed by atoms with Gasteiger partial charge in [0.2, 0.25) is 0 Å². The number of ether oxygens (including phenoxy) is 1. The zero-order chi connectivity index (χ0) is 15.1. The molecule has 0 amide bonds. The van der Waals surface area contributed by atoms with E-state index >= 15 is 0 Å². The van der Waals surface area contributed by atoms with Crippen molar-refractivity contribution in [2.75, 3.05) is 32.2 Å². The second-order valence-corrected chi connectivity index (χ2v) is 7.20. The van der Waals surface area contributed by atoms with Crippen molar-refractivity contribution in [3.63, 3.8) is 0 Å². The Kier molecular flexibility index (Phi) is 6.70. The smallest absolute Gasteiger partial charge is 0.0701 e. The van der Waals surface area contributed by atoms with Gasteiger partial charge in [-0.2, -0.15) is 0 Å². The van der Waals surface area contributed by atoms with Crippen molar-refractivity contribution in [1.29, 1.82) is 0 Å². The van der Waals surface area contributed by atoms with E-state index < -0.39 is 0 Å². The lowest BCUT2D eigenvalue weighted by Gasteiger charge is -2.22. The molecule has 0 saturated heterocycles. The van der Waals surface area contributed by atoms with Crippen LogP contribution in [0.1, 0.15) is 11.1 Å². The molecule has 21 heavy (non-hydrogen) atoms. The van der Waals surface area contributed by atoms with Crippen molar-refractivity contribution >= 4 is 33.0 Å². The Labute approximate surface area is 139 Å². The molecule has 1 N–H and O–H groups in total. The van der Waals surface area contributed by atoms with Gasteiger partial charge >= 0.3 is 0 Å². The molecular formula is C16H21BrN2OS. The molecule has 2 aromatic rings. The first-order chi connectivity index (χ1) is 10.2. The van der Waals surface area contributed by atoms with Crippen LogP contribution in [0.5, 0.6) is 0 Å². The maximum absolute atomic E-state index is 5.06. The van der Waals surface area contributed by atoms with Crippen LogP contribution < -0.4 is 10.2 Å². The lowest BCUT2D eigenvalue weighted by Crippen LogP contribution is -2.22. The van der Waals surface area contributed by atoms with E-state index in [1.165, 1.54) is 20.6 Å². The van der Waals surface area contributed by atoms with E-state index in [0.717, 1.165) is 26.2 Å².